The molecular weight excluding hydrogens is 498 g/mol. The van der Waals surface area contributed by atoms with E-state index in [0.29, 0.717) is 5.56 Å². The summed E-state index contributed by atoms with van der Waals surface area (Å²) >= 11 is 3.59. The third-order valence-corrected chi connectivity index (χ3v) is 8.28. The van der Waals surface area contributed by atoms with Crippen molar-refractivity contribution in [2.45, 2.75) is 50.3 Å². The summed E-state index contributed by atoms with van der Waals surface area (Å²) in [6, 6.07) is 13.2. The molecule has 2 aromatic carbocycles. The number of halogens is 1. The first-order valence-electron chi connectivity index (χ1n) is 11.5. The molecule has 178 valence electrons. The highest BCUT2D eigenvalue weighted by Gasteiger charge is 2.66. The second-order valence-corrected chi connectivity index (χ2v) is 10.4. The fraction of sp³-hybridized carbons (Fsp3) is 0.423. The number of aliphatic imine (C=N–C) groups is 1. The van der Waals surface area contributed by atoms with Gasteiger partial charge in [-0.2, -0.15) is 0 Å². The molecule has 1 heterocycles. The predicted octanol–water partition coefficient (Wildman–Crippen LogP) is 3.92. The van der Waals surface area contributed by atoms with Crippen molar-refractivity contribution in [1.82, 2.24) is 4.90 Å². The number of fused-ring (bicyclic) bond motifs is 3. The SMILES string of the molecule is COC(=O)c1cccc(CN2C(=O)C3(N=C2N)c2cc(Br)ccc2CC32CCC(OC)CC2)c1. The zero-order chi connectivity index (χ0) is 24.1. The third-order valence-electron chi connectivity index (χ3n) is 7.78. The summed E-state index contributed by atoms with van der Waals surface area (Å²) in [7, 11) is 3.10. The highest BCUT2D eigenvalue weighted by Crippen LogP contribution is 2.62. The largest absolute Gasteiger partial charge is 0.465 e. The minimum Gasteiger partial charge on any atom is -0.465 e. The number of hydrogen-bond donors (Lipinski definition) is 1. The first-order valence-corrected chi connectivity index (χ1v) is 12.3. The van der Waals surface area contributed by atoms with Gasteiger partial charge in [0.15, 0.2) is 11.5 Å². The molecule has 0 bridgehead atoms. The number of carbonyl (C=O) groups excluding carboxylic acids is 2. The quantitative estimate of drug-likeness (QED) is 0.610. The lowest BCUT2D eigenvalue weighted by molar-refractivity contribution is -0.138. The molecule has 3 aliphatic rings. The van der Waals surface area contributed by atoms with Gasteiger partial charge in [0, 0.05) is 17.0 Å². The molecule has 1 unspecified atom stereocenters. The Bertz CT molecular complexity index is 1190. The minimum absolute atomic E-state index is 0.0961. The highest BCUT2D eigenvalue weighted by molar-refractivity contribution is 9.10. The molecule has 0 saturated heterocycles. The van der Waals surface area contributed by atoms with Gasteiger partial charge in [-0.3, -0.25) is 9.69 Å². The number of rotatable bonds is 4. The second kappa shape index (κ2) is 8.50. The van der Waals surface area contributed by atoms with Gasteiger partial charge in [-0.05, 0) is 73.1 Å². The summed E-state index contributed by atoms with van der Waals surface area (Å²) in [5.74, 6) is -0.299. The van der Waals surface area contributed by atoms with Crippen molar-refractivity contribution >= 4 is 33.8 Å². The van der Waals surface area contributed by atoms with Gasteiger partial charge < -0.3 is 15.2 Å². The lowest BCUT2D eigenvalue weighted by Gasteiger charge is -2.45. The van der Waals surface area contributed by atoms with E-state index in [9.17, 15) is 9.59 Å². The fourth-order valence-electron chi connectivity index (χ4n) is 6.09. The van der Waals surface area contributed by atoms with Crippen LogP contribution in [0.3, 0.4) is 0 Å². The molecule has 8 heteroatoms. The van der Waals surface area contributed by atoms with Gasteiger partial charge in [-0.1, -0.05) is 34.1 Å². The maximum atomic E-state index is 14.3. The van der Waals surface area contributed by atoms with Crippen molar-refractivity contribution in [3.63, 3.8) is 0 Å². The average Bonchev–Trinajstić information content (AvgIpc) is 3.25. The molecule has 0 radical (unpaired) electrons. The molecule has 1 aliphatic heterocycles. The normalized spacial score (nSPS) is 27.9. The van der Waals surface area contributed by atoms with Gasteiger partial charge in [-0.15, -0.1) is 0 Å². The number of guanidine groups is 1. The van der Waals surface area contributed by atoms with Crippen molar-refractivity contribution in [2.24, 2.45) is 16.1 Å². The van der Waals surface area contributed by atoms with Crippen LogP contribution in [0.4, 0.5) is 0 Å². The molecule has 2 spiro atoms. The fourth-order valence-corrected chi connectivity index (χ4v) is 6.45. The van der Waals surface area contributed by atoms with Crippen LogP contribution in [0.5, 0.6) is 0 Å². The van der Waals surface area contributed by atoms with E-state index in [2.05, 4.69) is 22.0 Å². The lowest BCUT2D eigenvalue weighted by atomic mass is 9.61. The smallest absolute Gasteiger partial charge is 0.337 e. The summed E-state index contributed by atoms with van der Waals surface area (Å²) in [5, 5.41) is 0. The standard InChI is InChI=1S/C26H28BrN3O4/c1-33-20-8-10-25(11-9-20)14-18-6-7-19(27)13-21(18)26(25)23(32)30(24(28)29-26)15-16-4-3-5-17(12-16)22(31)34-2/h3-7,12-13,20H,8-11,14-15H2,1-2H3,(H2,28,29). The highest BCUT2D eigenvalue weighted by atomic mass is 79.9. The Morgan fingerprint density at radius 3 is 2.68 bits per heavy atom. The van der Waals surface area contributed by atoms with Crippen LogP contribution in [0.2, 0.25) is 0 Å². The number of esters is 1. The molecular formula is C26H28BrN3O4. The van der Waals surface area contributed by atoms with Gasteiger partial charge in [0.05, 0.1) is 25.3 Å². The Morgan fingerprint density at radius 2 is 1.97 bits per heavy atom. The summed E-state index contributed by atoms with van der Waals surface area (Å²) < 4.78 is 11.4. The van der Waals surface area contributed by atoms with E-state index in [4.69, 9.17) is 20.2 Å². The van der Waals surface area contributed by atoms with Crippen LogP contribution in [-0.4, -0.2) is 43.1 Å². The zero-order valence-corrected chi connectivity index (χ0v) is 20.9. The van der Waals surface area contributed by atoms with Gasteiger partial charge in [-0.25, -0.2) is 9.79 Å². The molecule has 2 N–H and O–H groups in total. The van der Waals surface area contributed by atoms with E-state index < -0.39 is 11.5 Å². The molecule has 34 heavy (non-hydrogen) atoms. The van der Waals surface area contributed by atoms with Crippen molar-refractivity contribution in [1.29, 1.82) is 0 Å². The Balaban J connectivity index is 1.55. The minimum atomic E-state index is -1.05. The number of amides is 1. The second-order valence-electron chi connectivity index (χ2n) is 9.46. The van der Waals surface area contributed by atoms with Crippen LogP contribution in [-0.2, 0) is 32.8 Å². The van der Waals surface area contributed by atoms with E-state index in [1.165, 1.54) is 7.11 Å². The topological polar surface area (TPSA) is 94.2 Å². The maximum Gasteiger partial charge on any atom is 0.337 e. The van der Waals surface area contributed by atoms with Gasteiger partial charge in [0.25, 0.3) is 5.91 Å². The third kappa shape index (κ3) is 3.38. The monoisotopic (exact) mass is 525 g/mol. The number of carbonyl (C=O) groups is 2. The number of hydrogen-bond acceptors (Lipinski definition) is 6. The molecule has 7 nitrogen and oxygen atoms in total. The number of benzene rings is 2. The average molecular weight is 526 g/mol. The zero-order valence-electron chi connectivity index (χ0n) is 19.3. The molecule has 1 atom stereocenters. The van der Waals surface area contributed by atoms with Crippen LogP contribution in [0.1, 0.15) is 52.7 Å². The summed E-state index contributed by atoms with van der Waals surface area (Å²) in [5.41, 5.74) is 8.39. The number of ether oxygens (including phenoxy) is 2. The Kier molecular flexibility index (Phi) is 5.76. The molecule has 1 amide bonds. The van der Waals surface area contributed by atoms with Gasteiger partial charge in [0.1, 0.15) is 0 Å². The number of methoxy groups -OCH3 is 2. The lowest BCUT2D eigenvalue weighted by Crippen LogP contribution is -2.52. The Hall–Kier alpha value is -2.71. The molecule has 5 rings (SSSR count). The first-order chi connectivity index (χ1) is 16.3. The summed E-state index contributed by atoms with van der Waals surface area (Å²) in [6.45, 7) is 0.237. The molecule has 1 saturated carbocycles. The summed E-state index contributed by atoms with van der Waals surface area (Å²) in [6.07, 6.45) is 4.44. The van der Waals surface area contributed by atoms with E-state index in [0.717, 1.165) is 53.3 Å². The predicted molar refractivity (Wildman–Crippen MR) is 131 cm³/mol. The van der Waals surface area contributed by atoms with E-state index in [-0.39, 0.29) is 29.9 Å². The van der Waals surface area contributed by atoms with E-state index in [1.54, 1.807) is 30.2 Å². The van der Waals surface area contributed by atoms with Crippen LogP contribution in [0, 0.1) is 5.41 Å². The molecule has 0 aromatic heterocycles. The molecule has 1 fully saturated rings. The van der Waals surface area contributed by atoms with Crippen molar-refractivity contribution in [3.8, 4) is 0 Å². The van der Waals surface area contributed by atoms with Crippen LogP contribution in [0.15, 0.2) is 51.9 Å². The molecule has 2 aromatic rings. The molecule has 2 aliphatic carbocycles. The van der Waals surface area contributed by atoms with Gasteiger partial charge in [0.2, 0.25) is 0 Å². The van der Waals surface area contributed by atoms with Crippen LogP contribution in [0.25, 0.3) is 0 Å². The van der Waals surface area contributed by atoms with Crippen molar-refractivity contribution in [2.75, 3.05) is 14.2 Å². The first kappa shape index (κ1) is 23.1. The summed E-state index contributed by atoms with van der Waals surface area (Å²) in [4.78, 5) is 32.8. The van der Waals surface area contributed by atoms with Crippen LogP contribution >= 0.6 is 15.9 Å². The van der Waals surface area contributed by atoms with E-state index >= 15 is 0 Å². The Labute approximate surface area is 207 Å². The number of nitrogens with two attached hydrogens (primary N) is 1. The maximum absolute atomic E-state index is 14.3. The van der Waals surface area contributed by atoms with Crippen molar-refractivity contribution in [3.05, 3.63) is 69.2 Å². The number of nitrogens with zero attached hydrogens (tertiary/aromatic N) is 2. The van der Waals surface area contributed by atoms with Crippen molar-refractivity contribution < 1.29 is 19.1 Å². The van der Waals surface area contributed by atoms with E-state index in [1.807, 2.05) is 18.2 Å². The van der Waals surface area contributed by atoms with Crippen LogP contribution < -0.4 is 5.73 Å². The Morgan fingerprint density at radius 1 is 1.21 bits per heavy atom. The van der Waals surface area contributed by atoms with Gasteiger partial charge >= 0.3 is 5.97 Å².